The normalized spacial score (nSPS) is 14.4. The summed E-state index contributed by atoms with van der Waals surface area (Å²) in [7, 11) is 0. The Hall–Kier alpha value is -1.87. The molecule has 0 saturated heterocycles. The van der Waals surface area contributed by atoms with Crippen molar-refractivity contribution in [1.29, 1.82) is 0 Å². The average Bonchev–Trinajstić information content (AvgIpc) is 2.73. The molecule has 1 aromatic carbocycles. The van der Waals surface area contributed by atoms with Gasteiger partial charge in [-0.1, -0.05) is 37.9 Å². The van der Waals surface area contributed by atoms with Crippen molar-refractivity contribution in [2.75, 3.05) is 13.3 Å². The van der Waals surface area contributed by atoms with Crippen molar-refractivity contribution in [3.05, 3.63) is 46.5 Å². The molecule has 32 heavy (non-hydrogen) atoms. The highest BCUT2D eigenvalue weighted by molar-refractivity contribution is 6.29. The molecular weight excluding hydrogens is 462 g/mol. The molecule has 1 N–H and O–H groups in total. The first kappa shape index (κ1) is 28.2. The van der Waals surface area contributed by atoms with Crippen LogP contribution in [0.3, 0.4) is 0 Å². The fourth-order valence-corrected chi connectivity index (χ4v) is 2.93. The molecule has 1 atom stereocenters. The van der Waals surface area contributed by atoms with Crippen LogP contribution in [0, 0.1) is 0 Å². The molecule has 0 amide bonds. The van der Waals surface area contributed by atoms with Crippen LogP contribution in [0.2, 0.25) is 0 Å². The number of aliphatic hydroxyl groups excluding tert-OH is 1. The number of allylic oxidation sites excluding steroid dienone is 3. The minimum absolute atomic E-state index is 0.0108. The van der Waals surface area contributed by atoms with Gasteiger partial charge in [-0.15, -0.1) is 13.2 Å². The molecule has 1 rings (SSSR count). The Labute approximate surface area is 188 Å². The molecular formula is C22H27ClF6O3. The Balaban J connectivity index is 2.94. The first-order valence-electron chi connectivity index (χ1n) is 10.1. The van der Waals surface area contributed by atoms with Gasteiger partial charge < -0.3 is 14.6 Å². The number of rotatable bonds is 13. The smallest absolute Gasteiger partial charge is 0.493 e. The van der Waals surface area contributed by atoms with Crippen LogP contribution < -0.4 is 9.47 Å². The first-order chi connectivity index (χ1) is 14.9. The number of halogens is 7. The number of alkyl halides is 6. The van der Waals surface area contributed by atoms with Crippen molar-refractivity contribution < 1.29 is 40.9 Å². The predicted octanol–water partition coefficient (Wildman–Crippen LogP) is 7.64. The fraction of sp³-hybridized carbons (Fsp3) is 0.545. The van der Waals surface area contributed by atoms with E-state index in [0.29, 0.717) is 17.0 Å². The van der Waals surface area contributed by atoms with Crippen LogP contribution in [0.25, 0.3) is 0 Å². The van der Waals surface area contributed by atoms with E-state index in [9.17, 15) is 31.4 Å². The highest BCUT2D eigenvalue weighted by atomic mass is 35.5. The molecule has 1 aromatic rings. The van der Waals surface area contributed by atoms with Gasteiger partial charge in [0.25, 0.3) is 5.92 Å². The van der Waals surface area contributed by atoms with Gasteiger partial charge >= 0.3 is 6.36 Å². The van der Waals surface area contributed by atoms with E-state index in [1.165, 1.54) is 6.08 Å². The maximum absolute atomic E-state index is 13.9. The second-order valence-corrected chi connectivity index (χ2v) is 7.49. The van der Waals surface area contributed by atoms with Gasteiger partial charge in [0.1, 0.15) is 24.3 Å². The Morgan fingerprint density at radius 3 is 2.44 bits per heavy atom. The summed E-state index contributed by atoms with van der Waals surface area (Å²) in [6.07, 6.45) is -2.69. The van der Waals surface area contributed by atoms with Gasteiger partial charge in [0.05, 0.1) is 6.61 Å². The summed E-state index contributed by atoms with van der Waals surface area (Å²) in [5, 5.41) is 10.5. The quantitative estimate of drug-likeness (QED) is 0.176. The van der Waals surface area contributed by atoms with Crippen LogP contribution in [0.5, 0.6) is 11.5 Å². The number of hydrogen-bond acceptors (Lipinski definition) is 3. The maximum atomic E-state index is 13.9. The predicted molar refractivity (Wildman–Crippen MR) is 111 cm³/mol. The zero-order chi connectivity index (χ0) is 24.4. The van der Waals surface area contributed by atoms with Gasteiger partial charge in [-0.3, -0.25) is 0 Å². The molecule has 0 spiro atoms. The molecule has 0 aromatic heterocycles. The molecule has 3 nitrogen and oxygen atoms in total. The minimum atomic E-state index is -5.13. The molecule has 0 saturated carbocycles. The van der Waals surface area contributed by atoms with E-state index in [1.54, 1.807) is 6.08 Å². The van der Waals surface area contributed by atoms with E-state index in [-0.39, 0.29) is 18.8 Å². The zero-order valence-corrected chi connectivity index (χ0v) is 18.6. The minimum Gasteiger partial charge on any atom is -0.493 e. The van der Waals surface area contributed by atoms with Crippen molar-refractivity contribution in [1.82, 2.24) is 0 Å². The Morgan fingerprint density at radius 1 is 1.19 bits per heavy atom. The number of aliphatic hydroxyl groups is 1. The van der Waals surface area contributed by atoms with Crippen molar-refractivity contribution in [2.45, 2.75) is 64.3 Å². The largest absolute Gasteiger partial charge is 0.573 e. The third-order valence-electron chi connectivity index (χ3n) is 4.43. The second kappa shape index (κ2) is 13.0. The summed E-state index contributed by atoms with van der Waals surface area (Å²) in [4.78, 5) is 0. The molecule has 10 heteroatoms. The van der Waals surface area contributed by atoms with Crippen LogP contribution in [0.1, 0.15) is 57.6 Å². The van der Waals surface area contributed by atoms with Gasteiger partial charge in [-0.2, -0.15) is 0 Å². The monoisotopic (exact) mass is 488 g/mol. The van der Waals surface area contributed by atoms with E-state index < -0.39 is 42.8 Å². The van der Waals surface area contributed by atoms with Crippen LogP contribution in [0.15, 0.2) is 41.0 Å². The Kier molecular flexibility index (Phi) is 11.4. The Morgan fingerprint density at radius 2 is 1.88 bits per heavy atom. The summed E-state index contributed by atoms with van der Waals surface area (Å²) in [6, 6.07) is 2.77. The van der Waals surface area contributed by atoms with Gasteiger partial charge in [-0.05, 0) is 42.7 Å². The first-order valence-corrected chi connectivity index (χ1v) is 10.5. The standard InChI is InChI=1S/C22H27ClF6O3/c1-3-5-8-16(23)12-15(14-24)7-6-11-31-17-9-10-19(32-22(27,28)29)18(13-17)20(30)21(25,26)4-2/h7,9-10,12-13,20,30H,3-6,8,11,14H2,1-2H3/b15-7+,16-12+. The molecule has 0 aliphatic heterocycles. The summed E-state index contributed by atoms with van der Waals surface area (Å²) >= 11 is 6.04. The number of hydrogen-bond donors (Lipinski definition) is 1. The SMILES string of the molecule is CCCC/C(Cl)=C\C(=C/CCOc1ccc(OC(F)(F)F)c(C(O)C(F)(F)CC)c1)CF. The summed E-state index contributed by atoms with van der Waals surface area (Å²) in [5.41, 5.74) is -0.403. The molecule has 0 aliphatic rings. The maximum Gasteiger partial charge on any atom is 0.573 e. The molecule has 1 unspecified atom stereocenters. The molecule has 0 heterocycles. The van der Waals surface area contributed by atoms with Crippen LogP contribution >= 0.6 is 11.6 Å². The summed E-state index contributed by atoms with van der Waals surface area (Å²) < 4.78 is 87.9. The lowest BCUT2D eigenvalue weighted by atomic mass is 10.0. The number of unbranched alkanes of at least 4 members (excludes halogenated alkanes) is 1. The van der Waals surface area contributed by atoms with Gasteiger partial charge in [0.2, 0.25) is 0 Å². The van der Waals surface area contributed by atoms with Crippen LogP contribution in [0.4, 0.5) is 26.3 Å². The van der Waals surface area contributed by atoms with Crippen molar-refractivity contribution in [3.63, 3.8) is 0 Å². The van der Waals surface area contributed by atoms with Gasteiger partial charge in [-0.25, -0.2) is 13.2 Å². The van der Waals surface area contributed by atoms with Crippen molar-refractivity contribution >= 4 is 11.6 Å². The second-order valence-electron chi connectivity index (χ2n) is 7.01. The average molecular weight is 489 g/mol. The Bertz CT molecular complexity index is 777. The third-order valence-corrected chi connectivity index (χ3v) is 4.73. The number of benzene rings is 1. The summed E-state index contributed by atoms with van der Waals surface area (Å²) in [6.45, 7) is 2.34. The lowest BCUT2D eigenvalue weighted by Crippen LogP contribution is -2.27. The van der Waals surface area contributed by atoms with Gasteiger partial charge in [0.15, 0.2) is 0 Å². The molecule has 0 fully saturated rings. The van der Waals surface area contributed by atoms with E-state index in [1.807, 2.05) is 6.92 Å². The lowest BCUT2D eigenvalue weighted by molar-refractivity contribution is -0.275. The van der Waals surface area contributed by atoms with Crippen molar-refractivity contribution in [2.24, 2.45) is 0 Å². The van der Waals surface area contributed by atoms with Crippen LogP contribution in [-0.4, -0.2) is 30.7 Å². The third kappa shape index (κ3) is 9.73. The topological polar surface area (TPSA) is 38.7 Å². The van der Waals surface area contributed by atoms with Crippen molar-refractivity contribution in [3.8, 4) is 11.5 Å². The highest BCUT2D eigenvalue weighted by Gasteiger charge is 2.41. The molecule has 0 radical (unpaired) electrons. The van der Waals surface area contributed by atoms with E-state index in [0.717, 1.165) is 38.0 Å². The van der Waals surface area contributed by atoms with E-state index in [2.05, 4.69) is 4.74 Å². The van der Waals surface area contributed by atoms with Crippen LogP contribution in [-0.2, 0) is 0 Å². The highest BCUT2D eigenvalue weighted by Crippen LogP contribution is 2.41. The zero-order valence-electron chi connectivity index (χ0n) is 17.8. The van der Waals surface area contributed by atoms with E-state index >= 15 is 0 Å². The number of ether oxygens (including phenoxy) is 2. The lowest BCUT2D eigenvalue weighted by Gasteiger charge is -2.24. The summed E-state index contributed by atoms with van der Waals surface area (Å²) in [5.74, 6) is -4.67. The molecule has 182 valence electrons. The fourth-order valence-electron chi connectivity index (χ4n) is 2.66. The molecule has 0 aliphatic carbocycles. The van der Waals surface area contributed by atoms with E-state index in [4.69, 9.17) is 16.3 Å². The van der Waals surface area contributed by atoms with Gasteiger partial charge in [0, 0.05) is 23.4 Å². The molecule has 0 bridgehead atoms.